The molecular formula is C28H33N3O2. The summed E-state index contributed by atoms with van der Waals surface area (Å²) in [5.41, 5.74) is 4.87. The Hall–Kier alpha value is -3.21. The third-order valence-corrected chi connectivity index (χ3v) is 6.86. The van der Waals surface area contributed by atoms with Gasteiger partial charge in [-0.3, -0.25) is 14.6 Å². The fourth-order valence-corrected chi connectivity index (χ4v) is 4.97. The van der Waals surface area contributed by atoms with Crippen molar-refractivity contribution in [3.8, 4) is 11.1 Å². The molecule has 1 unspecified atom stereocenters. The van der Waals surface area contributed by atoms with Crippen LogP contribution in [-0.4, -0.2) is 42.6 Å². The van der Waals surface area contributed by atoms with Crippen LogP contribution in [0.15, 0.2) is 65.8 Å². The summed E-state index contributed by atoms with van der Waals surface area (Å²) in [6, 6.07) is 16.8. The van der Waals surface area contributed by atoms with E-state index in [1.807, 2.05) is 16.7 Å². The van der Waals surface area contributed by atoms with Gasteiger partial charge in [0.15, 0.2) is 0 Å². The zero-order valence-corrected chi connectivity index (χ0v) is 19.7. The Morgan fingerprint density at radius 3 is 2.48 bits per heavy atom. The Morgan fingerprint density at radius 1 is 1.09 bits per heavy atom. The van der Waals surface area contributed by atoms with Gasteiger partial charge in [-0.15, -0.1) is 0 Å². The smallest absolute Gasteiger partial charge is 0.271 e. The lowest BCUT2D eigenvalue weighted by molar-refractivity contribution is -0.128. The number of hydrogen-bond donors (Lipinski definition) is 0. The molecule has 33 heavy (non-hydrogen) atoms. The summed E-state index contributed by atoms with van der Waals surface area (Å²) < 4.78 is 0. The predicted octanol–water partition coefficient (Wildman–Crippen LogP) is 5.25. The molecule has 2 saturated heterocycles. The molecule has 0 aliphatic carbocycles. The van der Waals surface area contributed by atoms with Crippen molar-refractivity contribution >= 4 is 23.7 Å². The Morgan fingerprint density at radius 2 is 1.82 bits per heavy atom. The molecule has 2 aliphatic rings. The zero-order chi connectivity index (χ0) is 23.4. The Kier molecular flexibility index (Phi) is 7.07. The van der Waals surface area contributed by atoms with Crippen molar-refractivity contribution in [2.45, 2.75) is 39.5 Å². The van der Waals surface area contributed by atoms with Gasteiger partial charge in [0.2, 0.25) is 5.91 Å². The fourth-order valence-electron chi connectivity index (χ4n) is 4.97. The molecule has 5 nitrogen and oxygen atoms in total. The van der Waals surface area contributed by atoms with E-state index in [0.717, 1.165) is 37.1 Å². The maximum absolute atomic E-state index is 12.8. The molecule has 0 radical (unpaired) electrons. The third-order valence-electron chi connectivity index (χ3n) is 6.86. The highest BCUT2D eigenvalue weighted by molar-refractivity contribution is 5.96. The maximum atomic E-state index is 12.8. The summed E-state index contributed by atoms with van der Waals surface area (Å²) in [6.45, 7) is 10.1. The van der Waals surface area contributed by atoms with Gasteiger partial charge in [-0.1, -0.05) is 55.5 Å². The van der Waals surface area contributed by atoms with Crippen LogP contribution in [0, 0.1) is 18.8 Å². The first-order valence-corrected chi connectivity index (χ1v) is 11.9. The topological polar surface area (TPSA) is 53.0 Å². The number of piperidine rings is 1. The van der Waals surface area contributed by atoms with Crippen LogP contribution in [0.25, 0.3) is 11.1 Å². The molecular weight excluding hydrogens is 410 g/mol. The first-order chi connectivity index (χ1) is 16.0. The number of aliphatic imine (C=N–C) groups is 1. The molecule has 2 amide bonds. The second-order valence-corrected chi connectivity index (χ2v) is 9.18. The van der Waals surface area contributed by atoms with Crippen LogP contribution in [0.1, 0.15) is 38.2 Å². The summed E-state index contributed by atoms with van der Waals surface area (Å²) in [7, 11) is 0. The molecule has 5 heteroatoms. The molecule has 0 aromatic heterocycles. The summed E-state index contributed by atoms with van der Waals surface area (Å²) in [5.74, 6) is 0.926. The molecule has 2 fully saturated rings. The number of rotatable bonds is 6. The maximum Gasteiger partial charge on any atom is 0.271 e. The highest BCUT2D eigenvalue weighted by Gasteiger charge is 2.37. The fraction of sp³-hybridized carbons (Fsp3) is 0.393. The van der Waals surface area contributed by atoms with E-state index in [1.165, 1.54) is 11.1 Å². The number of nitrogens with zero attached hydrogens (tertiary/aromatic N) is 3. The van der Waals surface area contributed by atoms with Crippen LogP contribution >= 0.6 is 0 Å². The van der Waals surface area contributed by atoms with Crippen molar-refractivity contribution in [2.75, 3.05) is 24.5 Å². The Bertz CT molecular complexity index is 1050. The largest absolute Gasteiger partial charge is 0.337 e. The average molecular weight is 444 g/mol. The van der Waals surface area contributed by atoms with Gasteiger partial charge >= 0.3 is 0 Å². The number of carbonyl (C=O) groups is 2. The Balaban J connectivity index is 1.35. The molecule has 0 saturated carbocycles. The number of amides is 2. The van der Waals surface area contributed by atoms with Crippen LogP contribution in [0.4, 0.5) is 5.69 Å². The summed E-state index contributed by atoms with van der Waals surface area (Å²) in [4.78, 5) is 33.3. The van der Waals surface area contributed by atoms with E-state index >= 15 is 0 Å². The van der Waals surface area contributed by atoms with Crippen LogP contribution in [0.5, 0.6) is 0 Å². The highest BCUT2D eigenvalue weighted by atomic mass is 16.2. The van der Waals surface area contributed by atoms with Crippen molar-refractivity contribution in [3.05, 3.63) is 66.4 Å². The molecule has 0 bridgehead atoms. The van der Waals surface area contributed by atoms with E-state index in [-0.39, 0.29) is 11.8 Å². The molecule has 2 aromatic carbocycles. The first-order valence-electron chi connectivity index (χ1n) is 11.9. The van der Waals surface area contributed by atoms with Crippen molar-refractivity contribution in [3.63, 3.8) is 0 Å². The number of aryl methyl sites for hydroxylation is 1. The van der Waals surface area contributed by atoms with Gasteiger partial charge in [-0.05, 0) is 61.3 Å². The van der Waals surface area contributed by atoms with E-state index in [9.17, 15) is 9.59 Å². The van der Waals surface area contributed by atoms with Gasteiger partial charge in [0.05, 0.1) is 0 Å². The summed E-state index contributed by atoms with van der Waals surface area (Å²) in [6.07, 6.45) is 4.95. The molecule has 0 spiro atoms. The van der Waals surface area contributed by atoms with Crippen LogP contribution < -0.4 is 4.90 Å². The minimum atomic E-state index is -0.0732. The van der Waals surface area contributed by atoms with Gasteiger partial charge in [0.1, 0.15) is 5.70 Å². The number of anilines is 1. The van der Waals surface area contributed by atoms with Gasteiger partial charge in [0.25, 0.3) is 5.91 Å². The lowest BCUT2D eigenvalue weighted by atomic mass is 9.83. The van der Waals surface area contributed by atoms with Gasteiger partial charge < -0.3 is 9.80 Å². The minimum absolute atomic E-state index is 0.0732. The van der Waals surface area contributed by atoms with Gasteiger partial charge in [-0.2, -0.15) is 0 Å². The normalized spacial score (nSPS) is 19.5. The highest BCUT2D eigenvalue weighted by Crippen LogP contribution is 2.35. The number of carbonyl (C=O) groups excluding carboxylic acids is 2. The lowest BCUT2D eigenvalue weighted by Crippen LogP contribution is -2.40. The lowest BCUT2D eigenvalue weighted by Gasteiger charge is -2.34. The first kappa shape index (κ1) is 23.0. The standard InChI is InChI=1S/C28H33N3O2/c1-4-14-29-21(3)28(33)30-15-12-23(13-16-30)25-18-27(32)31(19-25)26-10-8-22(9-11-26)24-7-5-6-20(2)17-24/h5-11,14,17,23,25H,3-4,12-13,15-16,18-19H2,1-2H3. The summed E-state index contributed by atoms with van der Waals surface area (Å²) >= 11 is 0. The minimum Gasteiger partial charge on any atom is -0.337 e. The number of benzene rings is 2. The molecule has 2 aromatic rings. The summed E-state index contributed by atoms with van der Waals surface area (Å²) in [5, 5.41) is 0. The van der Waals surface area contributed by atoms with Crippen molar-refractivity contribution in [1.82, 2.24) is 4.90 Å². The molecule has 2 aliphatic heterocycles. The molecule has 0 N–H and O–H groups in total. The second kappa shape index (κ2) is 10.2. The second-order valence-electron chi connectivity index (χ2n) is 9.18. The van der Waals surface area contributed by atoms with Crippen molar-refractivity contribution < 1.29 is 9.59 Å². The van der Waals surface area contributed by atoms with E-state index in [4.69, 9.17) is 0 Å². The van der Waals surface area contributed by atoms with Gasteiger partial charge in [-0.25, -0.2) is 0 Å². The molecule has 1 atom stereocenters. The Labute approximate surface area is 196 Å². The molecule has 172 valence electrons. The number of likely N-dealkylation sites (tertiary alicyclic amines) is 1. The van der Waals surface area contributed by atoms with Crippen LogP contribution in [0.3, 0.4) is 0 Å². The van der Waals surface area contributed by atoms with E-state index < -0.39 is 0 Å². The van der Waals surface area contributed by atoms with Crippen LogP contribution in [0.2, 0.25) is 0 Å². The zero-order valence-electron chi connectivity index (χ0n) is 19.7. The predicted molar refractivity (Wildman–Crippen MR) is 134 cm³/mol. The van der Waals surface area contributed by atoms with E-state index in [2.05, 4.69) is 67.0 Å². The SMILES string of the molecule is C=C(N=CCC)C(=O)N1CCC(C2CC(=O)N(c3ccc(-c4cccc(C)c4)cc3)C2)CC1. The van der Waals surface area contributed by atoms with E-state index in [1.54, 1.807) is 6.21 Å². The number of hydrogen-bond acceptors (Lipinski definition) is 3. The van der Waals surface area contributed by atoms with Crippen LogP contribution in [-0.2, 0) is 9.59 Å². The average Bonchev–Trinajstić information content (AvgIpc) is 3.23. The molecule has 2 heterocycles. The third kappa shape index (κ3) is 5.24. The monoisotopic (exact) mass is 443 g/mol. The van der Waals surface area contributed by atoms with Crippen molar-refractivity contribution in [1.29, 1.82) is 0 Å². The van der Waals surface area contributed by atoms with Gasteiger partial charge in [0, 0.05) is 38.0 Å². The molecule has 4 rings (SSSR count). The van der Waals surface area contributed by atoms with E-state index in [0.29, 0.717) is 37.0 Å². The van der Waals surface area contributed by atoms with Crippen molar-refractivity contribution in [2.24, 2.45) is 16.8 Å². The quantitative estimate of drug-likeness (QED) is 0.452.